The van der Waals surface area contributed by atoms with Gasteiger partial charge >= 0.3 is 0 Å². The lowest BCUT2D eigenvalue weighted by molar-refractivity contribution is 0.598. The maximum absolute atomic E-state index is 13.0. The average molecular weight is 294 g/mol. The fourth-order valence-corrected chi connectivity index (χ4v) is 2.40. The number of hydrogen-bond acceptors (Lipinski definition) is 3. The summed E-state index contributed by atoms with van der Waals surface area (Å²) in [5, 5.41) is 8.17. The van der Waals surface area contributed by atoms with E-state index in [2.05, 4.69) is 5.32 Å². The third kappa shape index (κ3) is 3.55. The number of primary sulfonamides is 1. The van der Waals surface area contributed by atoms with Crippen LogP contribution in [0.5, 0.6) is 0 Å². The molecule has 0 unspecified atom stereocenters. The summed E-state index contributed by atoms with van der Waals surface area (Å²) in [6, 6.07) is 10.8. The molecule has 0 aromatic heterocycles. The normalized spacial score (nSPS) is 11.3. The summed E-state index contributed by atoms with van der Waals surface area (Å²) in [5.74, 6) is -0.275. The number of nitrogens with two attached hydrogens (primary N) is 1. The molecule has 0 fully saturated rings. The Kier molecular flexibility index (Phi) is 4.06. The van der Waals surface area contributed by atoms with Crippen molar-refractivity contribution in [2.24, 2.45) is 5.14 Å². The lowest BCUT2D eigenvalue weighted by atomic mass is 10.1. The number of aryl methyl sites for hydroxylation is 1. The summed E-state index contributed by atoms with van der Waals surface area (Å²) in [6.45, 7) is 2.29. The number of hydrogen-bond donors (Lipinski definition) is 2. The van der Waals surface area contributed by atoms with Gasteiger partial charge in [0.15, 0.2) is 0 Å². The summed E-state index contributed by atoms with van der Waals surface area (Å²) < 4.78 is 35.5. The van der Waals surface area contributed by atoms with Crippen LogP contribution in [0.3, 0.4) is 0 Å². The molecule has 0 radical (unpaired) electrons. The van der Waals surface area contributed by atoms with E-state index in [0.717, 1.165) is 11.1 Å². The highest BCUT2D eigenvalue weighted by molar-refractivity contribution is 7.89. The first-order valence-electron chi connectivity index (χ1n) is 5.98. The van der Waals surface area contributed by atoms with E-state index in [1.165, 1.54) is 24.3 Å². The minimum atomic E-state index is -3.71. The molecule has 0 bridgehead atoms. The minimum absolute atomic E-state index is 0.0540. The molecule has 106 valence electrons. The van der Waals surface area contributed by atoms with Crippen LogP contribution in [0.2, 0.25) is 0 Å². The summed E-state index contributed by atoms with van der Waals surface area (Å²) >= 11 is 0. The highest BCUT2D eigenvalue weighted by atomic mass is 32.2. The van der Waals surface area contributed by atoms with Gasteiger partial charge in [-0.25, -0.2) is 17.9 Å². The van der Waals surface area contributed by atoms with Crippen molar-refractivity contribution in [3.05, 3.63) is 59.4 Å². The molecule has 0 saturated carbocycles. The summed E-state index contributed by atoms with van der Waals surface area (Å²) in [5.41, 5.74) is 2.41. The smallest absolute Gasteiger partial charge is 0.238 e. The summed E-state index contributed by atoms with van der Waals surface area (Å²) in [4.78, 5) is 0.0540. The van der Waals surface area contributed by atoms with E-state index in [-0.39, 0.29) is 10.7 Å². The van der Waals surface area contributed by atoms with Crippen LogP contribution in [0.15, 0.2) is 47.4 Å². The molecular weight excluding hydrogens is 279 g/mol. The summed E-state index contributed by atoms with van der Waals surface area (Å²) in [6.07, 6.45) is 0. The molecule has 0 saturated heterocycles. The molecule has 0 aliphatic rings. The monoisotopic (exact) mass is 294 g/mol. The zero-order valence-electron chi connectivity index (χ0n) is 10.9. The SMILES string of the molecule is Cc1cc(F)ccc1CNc1cccc(S(N)(=O)=O)c1. The van der Waals surface area contributed by atoms with Crippen molar-refractivity contribution in [1.82, 2.24) is 0 Å². The molecule has 6 heteroatoms. The Morgan fingerprint density at radius 2 is 1.95 bits per heavy atom. The van der Waals surface area contributed by atoms with E-state index in [9.17, 15) is 12.8 Å². The lowest BCUT2D eigenvalue weighted by Gasteiger charge is -2.10. The molecule has 0 amide bonds. The molecule has 2 rings (SSSR count). The van der Waals surface area contributed by atoms with Crippen LogP contribution in [0, 0.1) is 12.7 Å². The first kappa shape index (κ1) is 14.5. The second kappa shape index (κ2) is 5.60. The number of rotatable bonds is 4. The van der Waals surface area contributed by atoms with Gasteiger partial charge in [0.2, 0.25) is 10.0 Å². The van der Waals surface area contributed by atoms with Gasteiger partial charge in [0.05, 0.1) is 4.90 Å². The third-order valence-corrected chi connectivity index (χ3v) is 3.86. The van der Waals surface area contributed by atoms with Crippen molar-refractivity contribution in [1.29, 1.82) is 0 Å². The van der Waals surface area contributed by atoms with Crippen LogP contribution in [-0.4, -0.2) is 8.42 Å². The van der Waals surface area contributed by atoms with E-state index < -0.39 is 10.0 Å². The second-order valence-corrected chi connectivity index (χ2v) is 6.06. The predicted molar refractivity (Wildman–Crippen MR) is 76.3 cm³/mol. The van der Waals surface area contributed by atoms with E-state index in [0.29, 0.717) is 12.2 Å². The van der Waals surface area contributed by atoms with Gasteiger partial charge in [0.1, 0.15) is 5.82 Å². The van der Waals surface area contributed by atoms with Crippen LogP contribution in [-0.2, 0) is 16.6 Å². The van der Waals surface area contributed by atoms with Gasteiger partial charge in [-0.15, -0.1) is 0 Å². The van der Waals surface area contributed by atoms with Crippen molar-refractivity contribution in [3.63, 3.8) is 0 Å². The maximum atomic E-state index is 13.0. The molecule has 2 aromatic rings. The van der Waals surface area contributed by atoms with Crippen molar-refractivity contribution in [2.45, 2.75) is 18.4 Å². The zero-order valence-corrected chi connectivity index (χ0v) is 11.7. The molecule has 0 aliphatic carbocycles. The van der Waals surface area contributed by atoms with Crippen LogP contribution < -0.4 is 10.5 Å². The Hall–Kier alpha value is -1.92. The fraction of sp³-hybridized carbons (Fsp3) is 0.143. The van der Waals surface area contributed by atoms with Crippen molar-refractivity contribution >= 4 is 15.7 Å². The maximum Gasteiger partial charge on any atom is 0.238 e. The number of sulfonamides is 1. The van der Waals surface area contributed by atoms with Crippen LogP contribution in [0.25, 0.3) is 0 Å². The van der Waals surface area contributed by atoms with Gasteiger partial charge in [0.25, 0.3) is 0 Å². The minimum Gasteiger partial charge on any atom is -0.381 e. The van der Waals surface area contributed by atoms with Gasteiger partial charge < -0.3 is 5.32 Å². The number of benzene rings is 2. The van der Waals surface area contributed by atoms with Crippen molar-refractivity contribution < 1.29 is 12.8 Å². The summed E-state index contributed by atoms with van der Waals surface area (Å²) in [7, 11) is -3.71. The molecular formula is C14H15FN2O2S. The Balaban J connectivity index is 2.15. The quantitative estimate of drug-likeness (QED) is 0.909. The second-order valence-electron chi connectivity index (χ2n) is 4.50. The van der Waals surface area contributed by atoms with Gasteiger partial charge in [0, 0.05) is 12.2 Å². The molecule has 0 aliphatic heterocycles. The lowest BCUT2D eigenvalue weighted by Crippen LogP contribution is -2.12. The molecule has 4 nitrogen and oxygen atoms in total. The van der Waals surface area contributed by atoms with E-state index in [1.807, 2.05) is 6.92 Å². The first-order chi connectivity index (χ1) is 9.36. The number of nitrogens with one attached hydrogen (secondary N) is 1. The third-order valence-electron chi connectivity index (χ3n) is 2.95. The Bertz CT molecular complexity index is 730. The molecule has 0 atom stereocenters. The standard InChI is InChI=1S/C14H15FN2O2S/c1-10-7-12(15)6-5-11(10)9-17-13-3-2-4-14(8-13)20(16,18)19/h2-8,17H,9H2,1H3,(H2,16,18,19). The van der Waals surface area contributed by atoms with Crippen LogP contribution in [0.4, 0.5) is 10.1 Å². The van der Waals surface area contributed by atoms with E-state index >= 15 is 0 Å². The number of halogens is 1. The molecule has 2 aromatic carbocycles. The van der Waals surface area contributed by atoms with Gasteiger partial charge in [-0.3, -0.25) is 0 Å². The number of anilines is 1. The highest BCUT2D eigenvalue weighted by Crippen LogP contribution is 2.16. The zero-order chi connectivity index (χ0) is 14.8. The van der Waals surface area contributed by atoms with Crippen molar-refractivity contribution in [3.8, 4) is 0 Å². The molecule has 0 heterocycles. The van der Waals surface area contributed by atoms with Crippen LogP contribution >= 0.6 is 0 Å². The van der Waals surface area contributed by atoms with Gasteiger partial charge in [-0.2, -0.15) is 0 Å². The average Bonchev–Trinajstić information content (AvgIpc) is 2.37. The molecule has 3 N–H and O–H groups in total. The largest absolute Gasteiger partial charge is 0.381 e. The highest BCUT2D eigenvalue weighted by Gasteiger charge is 2.08. The fourth-order valence-electron chi connectivity index (χ4n) is 1.84. The van der Waals surface area contributed by atoms with Gasteiger partial charge in [-0.05, 0) is 48.4 Å². The topological polar surface area (TPSA) is 72.2 Å². The van der Waals surface area contributed by atoms with E-state index in [1.54, 1.807) is 18.2 Å². The van der Waals surface area contributed by atoms with Gasteiger partial charge in [-0.1, -0.05) is 12.1 Å². The van der Waals surface area contributed by atoms with E-state index in [4.69, 9.17) is 5.14 Å². The molecule has 0 spiro atoms. The Labute approximate surface area is 117 Å². The first-order valence-corrected chi connectivity index (χ1v) is 7.52. The Morgan fingerprint density at radius 3 is 2.60 bits per heavy atom. The Morgan fingerprint density at radius 1 is 1.20 bits per heavy atom. The predicted octanol–water partition coefficient (Wildman–Crippen LogP) is 2.39. The molecule has 20 heavy (non-hydrogen) atoms. The van der Waals surface area contributed by atoms with Crippen molar-refractivity contribution in [2.75, 3.05) is 5.32 Å². The van der Waals surface area contributed by atoms with Crippen LogP contribution in [0.1, 0.15) is 11.1 Å².